The van der Waals surface area contributed by atoms with E-state index in [1.54, 1.807) is 36.1 Å². The number of hydrogen-bond donors (Lipinski definition) is 0. The third-order valence-electron chi connectivity index (χ3n) is 3.79. The number of sulfonamides is 1. The van der Waals surface area contributed by atoms with Gasteiger partial charge in [-0.3, -0.25) is 9.10 Å². The molecule has 0 N–H and O–H groups in total. The highest BCUT2D eigenvalue weighted by molar-refractivity contribution is 7.92. The number of hydrogen-bond acceptors (Lipinski definition) is 4. The summed E-state index contributed by atoms with van der Waals surface area (Å²) in [5, 5.41) is 0. The molecule has 1 atom stereocenters. The molecule has 1 heterocycles. The summed E-state index contributed by atoms with van der Waals surface area (Å²) < 4.78 is 30.7. The zero-order valence-corrected chi connectivity index (χ0v) is 14.0. The molecule has 0 radical (unpaired) electrons. The summed E-state index contributed by atoms with van der Waals surface area (Å²) in [6.45, 7) is 3.01. The van der Waals surface area contributed by atoms with Gasteiger partial charge in [0.25, 0.3) is 0 Å². The summed E-state index contributed by atoms with van der Waals surface area (Å²) in [7, 11) is -2.07. The average Bonchev–Trinajstić information content (AvgIpc) is 2.99. The Balaban J connectivity index is 2.35. The molecular weight excluding hydrogens is 304 g/mol. The molecule has 1 aliphatic rings. The van der Waals surface area contributed by atoms with E-state index in [-0.39, 0.29) is 5.91 Å². The van der Waals surface area contributed by atoms with Gasteiger partial charge in [0.15, 0.2) is 0 Å². The third kappa shape index (κ3) is 3.52. The van der Waals surface area contributed by atoms with E-state index in [0.29, 0.717) is 24.5 Å². The maximum Gasteiger partial charge on any atom is 0.246 e. The molecule has 0 aliphatic carbocycles. The van der Waals surface area contributed by atoms with E-state index in [4.69, 9.17) is 4.74 Å². The third-order valence-corrected chi connectivity index (χ3v) is 5.03. The minimum Gasteiger partial charge on any atom is -0.497 e. The topological polar surface area (TPSA) is 66.9 Å². The number of nitrogens with zero attached hydrogens (tertiary/aromatic N) is 2. The van der Waals surface area contributed by atoms with Crippen molar-refractivity contribution in [1.82, 2.24) is 4.90 Å². The van der Waals surface area contributed by atoms with Crippen LogP contribution in [0.15, 0.2) is 24.3 Å². The molecule has 1 fully saturated rings. The maximum absolute atomic E-state index is 12.5. The molecule has 6 nitrogen and oxygen atoms in total. The van der Waals surface area contributed by atoms with E-state index in [9.17, 15) is 13.2 Å². The fraction of sp³-hybridized carbons (Fsp3) is 0.533. The van der Waals surface area contributed by atoms with Gasteiger partial charge < -0.3 is 9.64 Å². The van der Waals surface area contributed by atoms with Gasteiger partial charge in [-0.05, 0) is 31.9 Å². The number of anilines is 1. The molecule has 0 saturated carbocycles. The highest BCUT2D eigenvalue weighted by Gasteiger charge is 2.33. The molecule has 0 bridgehead atoms. The summed E-state index contributed by atoms with van der Waals surface area (Å²) >= 11 is 0. The molecule has 0 spiro atoms. The predicted octanol–water partition coefficient (Wildman–Crippen LogP) is 1.47. The number of likely N-dealkylation sites (tertiary alicyclic amines) is 1. The van der Waals surface area contributed by atoms with Gasteiger partial charge in [-0.15, -0.1) is 0 Å². The number of ether oxygens (including phenoxy) is 1. The summed E-state index contributed by atoms with van der Waals surface area (Å²) in [6, 6.07) is 5.95. The number of carbonyl (C=O) groups is 1. The van der Waals surface area contributed by atoms with Crippen molar-refractivity contribution in [2.75, 3.05) is 30.8 Å². The number of methoxy groups -OCH3 is 1. The standard InChI is InChI=1S/C15H22N2O4S/c1-12(15(18)16-9-4-5-10-16)17(22(3,19)20)13-7-6-8-14(11-13)21-2/h6-8,11-12H,4-5,9-10H2,1-3H3/t12-/m0/s1. The van der Waals surface area contributed by atoms with E-state index < -0.39 is 16.1 Å². The second-order valence-corrected chi connectivity index (χ2v) is 7.33. The van der Waals surface area contributed by atoms with Crippen LogP contribution in [0.5, 0.6) is 5.75 Å². The Kier molecular flexibility index (Phi) is 4.95. The van der Waals surface area contributed by atoms with Gasteiger partial charge in [-0.25, -0.2) is 8.42 Å². The summed E-state index contributed by atoms with van der Waals surface area (Å²) in [4.78, 5) is 14.3. The Morgan fingerprint density at radius 2 is 1.95 bits per heavy atom. The first-order chi connectivity index (χ1) is 10.3. The van der Waals surface area contributed by atoms with Crippen molar-refractivity contribution in [3.8, 4) is 5.75 Å². The van der Waals surface area contributed by atoms with Crippen molar-refractivity contribution in [3.05, 3.63) is 24.3 Å². The van der Waals surface area contributed by atoms with Crippen LogP contribution in [0.3, 0.4) is 0 Å². The normalized spacial score (nSPS) is 16.4. The molecule has 1 aromatic carbocycles. The first-order valence-electron chi connectivity index (χ1n) is 7.27. The lowest BCUT2D eigenvalue weighted by molar-refractivity contribution is -0.130. The second-order valence-electron chi connectivity index (χ2n) is 5.47. The summed E-state index contributed by atoms with van der Waals surface area (Å²) in [5.41, 5.74) is 0.432. The molecule has 1 saturated heterocycles. The van der Waals surface area contributed by atoms with Gasteiger partial charge in [0.1, 0.15) is 11.8 Å². The van der Waals surface area contributed by atoms with Crippen LogP contribution in [0.4, 0.5) is 5.69 Å². The van der Waals surface area contributed by atoms with Crippen molar-refractivity contribution in [2.24, 2.45) is 0 Å². The van der Waals surface area contributed by atoms with E-state index in [0.717, 1.165) is 23.4 Å². The molecule has 2 rings (SSSR count). The Hall–Kier alpha value is -1.76. The quantitative estimate of drug-likeness (QED) is 0.822. The lowest BCUT2D eigenvalue weighted by Crippen LogP contribution is -2.48. The summed E-state index contributed by atoms with van der Waals surface area (Å²) in [6.07, 6.45) is 3.05. The lowest BCUT2D eigenvalue weighted by Gasteiger charge is -2.31. The number of amides is 1. The zero-order valence-electron chi connectivity index (χ0n) is 13.2. The van der Waals surface area contributed by atoms with Crippen LogP contribution in [0, 0.1) is 0 Å². The van der Waals surface area contributed by atoms with E-state index >= 15 is 0 Å². The zero-order chi connectivity index (χ0) is 16.3. The predicted molar refractivity (Wildman–Crippen MR) is 85.6 cm³/mol. The molecular formula is C15H22N2O4S. The fourth-order valence-electron chi connectivity index (χ4n) is 2.75. The van der Waals surface area contributed by atoms with Crippen molar-refractivity contribution < 1.29 is 17.9 Å². The van der Waals surface area contributed by atoms with Crippen LogP contribution < -0.4 is 9.04 Å². The van der Waals surface area contributed by atoms with Crippen molar-refractivity contribution in [1.29, 1.82) is 0 Å². The highest BCUT2D eigenvalue weighted by atomic mass is 32.2. The van der Waals surface area contributed by atoms with Crippen LogP contribution in [0.2, 0.25) is 0 Å². The lowest BCUT2D eigenvalue weighted by atomic mass is 10.2. The van der Waals surface area contributed by atoms with Crippen molar-refractivity contribution >= 4 is 21.6 Å². The van der Waals surface area contributed by atoms with Gasteiger partial charge in [-0.2, -0.15) is 0 Å². The van der Waals surface area contributed by atoms with Crippen molar-refractivity contribution in [2.45, 2.75) is 25.8 Å². The highest BCUT2D eigenvalue weighted by Crippen LogP contribution is 2.26. The first kappa shape index (κ1) is 16.6. The Labute approximate surface area is 131 Å². The largest absolute Gasteiger partial charge is 0.497 e. The van der Waals surface area contributed by atoms with Gasteiger partial charge in [-0.1, -0.05) is 6.07 Å². The minimum absolute atomic E-state index is 0.161. The van der Waals surface area contributed by atoms with E-state index in [2.05, 4.69) is 0 Å². The molecule has 0 aromatic heterocycles. The molecule has 22 heavy (non-hydrogen) atoms. The smallest absolute Gasteiger partial charge is 0.246 e. The molecule has 7 heteroatoms. The van der Waals surface area contributed by atoms with Gasteiger partial charge in [0.05, 0.1) is 19.1 Å². The second kappa shape index (κ2) is 6.56. The Morgan fingerprint density at radius 3 is 2.50 bits per heavy atom. The number of benzene rings is 1. The van der Waals surface area contributed by atoms with Crippen LogP contribution in [0.1, 0.15) is 19.8 Å². The van der Waals surface area contributed by atoms with Crippen molar-refractivity contribution in [3.63, 3.8) is 0 Å². The molecule has 0 unspecified atom stereocenters. The Morgan fingerprint density at radius 1 is 1.32 bits per heavy atom. The maximum atomic E-state index is 12.5. The number of carbonyl (C=O) groups excluding carboxylic acids is 1. The van der Waals surface area contributed by atoms with Crippen LogP contribution >= 0.6 is 0 Å². The monoisotopic (exact) mass is 326 g/mol. The molecule has 1 aliphatic heterocycles. The molecule has 1 amide bonds. The van der Waals surface area contributed by atoms with Gasteiger partial charge >= 0.3 is 0 Å². The number of rotatable bonds is 5. The van der Waals surface area contributed by atoms with Crippen LogP contribution in [0.25, 0.3) is 0 Å². The van der Waals surface area contributed by atoms with E-state index in [1.165, 1.54) is 7.11 Å². The molecule has 122 valence electrons. The van der Waals surface area contributed by atoms with E-state index in [1.807, 2.05) is 0 Å². The SMILES string of the molecule is COc1cccc(N([C@@H](C)C(=O)N2CCCC2)S(C)(=O)=O)c1. The van der Waals surface area contributed by atoms with Gasteiger partial charge in [0, 0.05) is 19.2 Å². The fourth-order valence-corrected chi connectivity index (χ4v) is 3.91. The average molecular weight is 326 g/mol. The van der Waals surface area contributed by atoms with Gasteiger partial charge in [0.2, 0.25) is 15.9 Å². The Bertz CT molecular complexity index is 639. The van der Waals surface area contributed by atoms with Crippen LogP contribution in [-0.2, 0) is 14.8 Å². The van der Waals surface area contributed by atoms with Crippen LogP contribution in [-0.4, -0.2) is 51.7 Å². The molecule has 1 aromatic rings. The first-order valence-corrected chi connectivity index (χ1v) is 9.11. The minimum atomic E-state index is -3.59. The summed E-state index contributed by atoms with van der Waals surface area (Å²) in [5.74, 6) is 0.387.